The van der Waals surface area contributed by atoms with Crippen molar-refractivity contribution in [1.29, 1.82) is 0 Å². The van der Waals surface area contributed by atoms with Crippen molar-refractivity contribution in [3.05, 3.63) is 48.5 Å². The summed E-state index contributed by atoms with van der Waals surface area (Å²) in [7, 11) is 0. The zero-order chi connectivity index (χ0) is 21.3. The average Bonchev–Trinajstić information content (AvgIpc) is 3.10. The number of para-hydroxylation sites is 2. The lowest BCUT2D eigenvalue weighted by molar-refractivity contribution is -0.133. The summed E-state index contributed by atoms with van der Waals surface area (Å²) in [6.45, 7) is 5.42. The maximum atomic E-state index is 13.3. The largest absolute Gasteiger partial charge is 0.377 e. The number of ether oxygens (including phenoxy) is 4. The van der Waals surface area contributed by atoms with Gasteiger partial charge in [0, 0.05) is 34.9 Å². The maximum Gasteiger partial charge on any atom is 0.242 e. The number of nitrogens with zero attached hydrogens (tertiary/aromatic N) is 2. The second-order valence-corrected chi connectivity index (χ2v) is 7.45. The first kappa shape index (κ1) is 21.8. The summed E-state index contributed by atoms with van der Waals surface area (Å²) in [5, 5.41) is 2.32. The minimum Gasteiger partial charge on any atom is -0.377 e. The summed E-state index contributed by atoms with van der Waals surface area (Å²) in [5.41, 5.74) is 2.13. The first-order chi connectivity index (χ1) is 15.3. The highest BCUT2D eigenvalue weighted by molar-refractivity contribution is 6.08. The predicted octanol–water partition coefficient (Wildman–Crippen LogP) is 2.70. The van der Waals surface area contributed by atoms with Crippen LogP contribution in [0.2, 0.25) is 0 Å². The zero-order valence-corrected chi connectivity index (χ0v) is 17.8. The lowest BCUT2D eigenvalue weighted by atomic mass is 10.2. The minimum atomic E-state index is 0.0514. The molecule has 1 aliphatic heterocycles. The Morgan fingerprint density at radius 1 is 0.645 bits per heavy atom. The summed E-state index contributed by atoms with van der Waals surface area (Å²) in [5.74, 6) is 0.0514. The van der Waals surface area contributed by atoms with Crippen LogP contribution in [0.5, 0.6) is 0 Å². The van der Waals surface area contributed by atoms with E-state index < -0.39 is 0 Å². The van der Waals surface area contributed by atoms with E-state index in [2.05, 4.69) is 28.8 Å². The van der Waals surface area contributed by atoms with Gasteiger partial charge in [0.25, 0.3) is 0 Å². The number of benzene rings is 2. The number of carbonyl (C=O) groups excluding carboxylic acids is 1. The molecule has 3 aromatic rings. The van der Waals surface area contributed by atoms with Gasteiger partial charge in [0.05, 0.1) is 52.9 Å². The van der Waals surface area contributed by atoms with Crippen molar-refractivity contribution in [3.8, 4) is 0 Å². The van der Waals surface area contributed by atoms with Crippen molar-refractivity contribution in [2.45, 2.75) is 6.54 Å². The molecule has 7 heteroatoms. The Bertz CT molecular complexity index is 917. The molecule has 1 aromatic heterocycles. The SMILES string of the molecule is O=C(Cn1c2ccccc2c2ccccc21)N1CCOCCOCCOCCOCC1. The summed E-state index contributed by atoms with van der Waals surface area (Å²) in [6.07, 6.45) is 0. The van der Waals surface area contributed by atoms with Gasteiger partial charge in [-0.15, -0.1) is 0 Å². The van der Waals surface area contributed by atoms with Crippen LogP contribution in [0.1, 0.15) is 0 Å². The van der Waals surface area contributed by atoms with E-state index in [1.54, 1.807) is 0 Å². The van der Waals surface area contributed by atoms with Gasteiger partial charge in [-0.2, -0.15) is 0 Å². The van der Waals surface area contributed by atoms with Crippen LogP contribution in [-0.4, -0.2) is 81.3 Å². The summed E-state index contributed by atoms with van der Waals surface area (Å²) in [4.78, 5) is 15.1. The number of carbonyl (C=O) groups is 1. The van der Waals surface area contributed by atoms with E-state index >= 15 is 0 Å². The molecule has 1 saturated heterocycles. The van der Waals surface area contributed by atoms with Crippen LogP contribution in [0.15, 0.2) is 48.5 Å². The Kier molecular flexibility index (Phi) is 7.90. The number of hydrogen-bond donors (Lipinski definition) is 0. The fraction of sp³-hybridized carbons (Fsp3) is 0.458. The van der Waals surface area contributed by atoms with Gasteiger partial charge >= 0.3 is 0 Å². The lowest BCUT2D eigenvalue weighted by Gasteiger charge is -2.23. The molecule has 2 heterocycles. The van der Waals surface area contributed by atoms with Crippen molar-refractivity contribution in [3.63, 3.8) is 0 Å². The number of fused-ring (bicyclic) bond motifs is 3. The Balaban J connectivity index is 1.48. The van der Waals surface area contributed by atoms with Gasteiger partial charge in [-0.1, -0.05) is 36.4 Å². The highest BCUT2D eigenvalue weighted by Gasteiger charge is 2.17. The third-order valence-corrected chi connectivity index (χ3v) is 5.45. The molecule has 0 radical (unpaired) electrons. The van der Waals surface area contributed by atoms with E-state index in [0.717, 1.165) is 21.8 Å². The molecule has 0 unspecified atom stereocenters. The van der Waals surface area contributed by atoms with Crippen molar-refractivity contribution < 1.29 is 23.7 Å². The van der Waals surface area contributed by atoms with Crippen LogP contribution in [0.3, 0.4) is 0 Å². The van der Waals surface area contributed by atoms with Gasteiger partial charge < -0.3 is 28.4 Å². The first-order valence-electron chi connectivity index (χ1n) is 10.9. The summed E-state index contributed by atoms with van der Waals surface area (Å²) in [6, 6.07) is 16.4. The summed E-state index contributed by atoms with van der Waals surface area (Å²) < 4.78 is 24.3. The van der Waals surface area contributed by atoms with E-state index in [4.69, 9.17) is 18.9 Å². The van der Waals surface area contributed by atoms with Gasteiger partial charge in [0.15, 0.2) is 0 Å². The second kappa shape index (κ2) is 11.2. The van der Waals surface area contributed by atoms with Crippen molar-refractivity contribution in [2.75, 3.05) is 65.9 Å². The monoisotopic (exact) mass is 426 g/mol. The zero-order valence-electron chi connectivity index (χ0n) is 17.8. The van der Waals surface area contributed by atoms with E-state index in [0.29, 0.717) is 65.9 Å². The number of amides is 1. The molecular formula is C24H30N2O5. The quantitative estimate of drug-likeness (QED) is 0.631. The topological polar surface area (TPSA) is 62.2 Å². The Morgan fingerprint density at radius 2 is 1.06 bits per heavy atom. The van der Waals surface area contributed by atoms with Crippen LogP contribution in [0.4, 0.5) is 0 Å². The second-order valence-electron chi connectivity index (χ2n) is 7.45. The highest BCUT2D eigenvalue weighted by atomic mass is 16.6. The fourth-order valence-corrected chi connectivity index (χ4v) is 3.88. The molecule has 0 aliphatic carbocycles. The van der Waals surface area contributed by atoms with Crippen LogP contribution < -0.4 is 0 Å². The molecule has 1 aliphatic rings. The van der Waals surface area contributed by atoms with Gasteiger partial charge in [-0.25, -0.2) is 0 Å². The molecule has 0 N–H and O–H groups in total. The highest BCUT2D eigenvalue weighted by Crippen LogP contribution is 2.28. The molecule has 7 nitrogen and oxygen atoms in total. The molecule has 0 spiro atoms. The molecule has 31 heavy (non-hydrogen) atoms. The molecule has 1 amide bonds. The Hall–Kier alpha value is -2.45. The van der Waals surface area contributed by atoms with Crippen LogP contribution in [0, 0.1) is 0 Å². The standard InChI is InChI=1S/C24H30N2O5/c27-24(25-9-11-28-13-15-30-17-18-31-16-14-29-12-10-25)19-26-22-7-3-1-5-20(22)21-6-2-4-8-23(21)26/h1-8H,9-19H2. The average molecular weight is 427 g/mol. The van der Waals surface area contributed by atoms with E-state index in [-0.39, 0.29) is 12.5 Å². The normalized spacial score (nSPS) is 18.0. The molecular weight excluding hydrogens is 396 g/mol. The smallest absolute Gasteiger partial charge is 0.242 e. The molecule has 0 atom stereocenters. The molecule has 4 rings (SSSR count). The number of aromatic nitrogens is 1. The third-order valence-electron chi connectivity index (χ3n) is 5.45. The van der Waals surface area contributed by atoms with Crippen LogP contribution in [0.25, 0.3) is 21.8 Å². The molecule has 166 valence electrons. The number of hydrogen-bond acceptors (Lipinski definition) is 5. The Morgan fingerprint density at radius 3 is 1.55 bits per heavy atom. The third kappa shape index (κ3) is 5.62. The Labute approximate surface area is 182 Å². The fourth-order valence-electron chi connectivity index (χ4n) is 3.88. The van der Waals surface area contributed by atoms with E-state index in [9.17, 15) is 4.79 Å². The van der Waals surface area contributed by atoms with Gasteiger partial charge in [-0.05, 0) is 12.1 Å². The van der Waals surface area contributed by atoms with Crippen molar-refractivity contribution >= 4 is 27.7 Å². The van der Waals surface area contributed by atoms with Crippen LogP contribution >= 0.6 is 0 Å². The molecule has 0 bridgehead atoms. The molecule has 2 aromatic carbocycles. The van der Waals surface area contributed by atoms with Gasteiger partial charge in [0.1, 0.15) is 6.54 Å². The number of rotatable bonds is 2. The first-order valence-corrected chi connectivity index (χ1v) is 10.9. The molecule has 0 saturated carbocycles. The minimum absolute atomic E-state index is 0.0514. The van der Waals surface area contributed by atoms with E-state index in [1.807, 2.05) is 29.2 Å². The van der Waals surface area contributed by atoms with Crippen LogP contribution in [-0.2, 0) is 30.3 Å². The van der Waals surface area contributed by atoms with Crippen molar-refractivity contribution in [1.82, 2.24) is 9.47 Å². The van der Waals surface area contributed by atoms with Gasteiger partial charge in [-0.3, -0.25) is 4.79 Å². The van der Waals surface area contributed by atoms with E-state index in [1.165, 1.54) is 0 Å². The maximum absolute atomic E-state index is 13.3. The molecule has 1 fully saturated rings. The lowest BCUT2D eigenvalue weighted by Crippen LogP contribution is -2.39. The van der Waals surface area contributed by atoms with Gasteiger partial charge in [0.2, 0.25) is 5.91 Å². The van der Waals surface area contributed by atoms with Crippen molar-refractivity contribution in [2.24, 2.45) is 0 Å². The predicted molar refractivity (Wildman–Crippen MR) is 119 cm³/mol. The summed E-state index contributed by atoms with van der Waals surface area (Å²) >= 11 is 0.